The summed E-state index contributed by atoms with van der Waals surface area (Å²) < 4.78 is 3.92. The number of carbonyl (C=O) groups is 1. The summed E-state index contributed by atoms with van der Waals surface area (Å²) in [5, 5.41) is 8.83. The molecule has 0 amide bonds. The lowest BCUT2D eigenvalue weighted by atomic mass is 10.2. The monoisotopic (exact) mass is 225 g/mol. The molecule has 90 valence electrons. The fourth-order valence-electron chi connectivity index (χ4n) is 1.91. The molecule has 16 heavy (non-hydrogen) atoms. The van der Waals surface area contributed by atoms with Crippen molar-refractivity contribution in [1.82, 2.24) is 4.57 Å². The molecule has 1 N–H and O–H groups in total. The van der Waals surface area contributed by atoms with Gasteiger partial charge in [-0.1, -0.05) is 19.8 Å². The Hall–Kier alpha value is -1.32. The minimum atomic E-state index is -0.785. The number of carboxylic acids is 1. The standard InChI is InChI=1S/C12H20N2O2/c1-4-5-6-7-11-13(3)10(2)8-14(11)9-12(15)16/h8H,4-7,9H2,1-3H3/p+1. The Morgan fingerprint density at radius 2 is 2.19 bits per heavy atom. The SMILES string of the molecule is CCCCCc1n(C)c(C)c[n+]1CC(=O)O. The first-order valence-electron chi connectivity index (χ1n) is 5.82. The summed E-state index contributed by atoms with van der Waals surface area (Å²) in [4.78, 5) is 10.7. The van der Waals surface area contributed by atoms with Gasteiger partial charge >= 0.3 is 5.97 Å². The first-order chi connectivity index (χ1) is 7.56. The van der Waals surface area contributed by atoms with Gasteiger partial charge in [0.25, 0.3) is 5.82 Å². The Labute approximate surface area is 96.5 Å². The molecule has 0 radical (unpaired) electrons. The number of aromatic nitrogens is 2. The van der Waals surface area contributed by atoms with Crippen LogP contribution in [-0.2, 0) is 24.8 Å². The number of aryl methyl sites for hydroxylation is 1. The Morgan fingerprint density at radius 3 is 2.75 bits per heavy atom. The third-order valence-electron chi connectivity index (χ3n) is 2.90. The van der Waals surface area contributed by atoms with Gasteiger partial charge in [0, 0.05) is 13.3 Å². The fraction of sp³-hybridized carbons (Fsp3) is 0.667. The smallest absolute Gasteiger partial charge is 0.346 e. The molecule has 0 fully saturated rings. The first kappa shape index (κ1) is 12.7. The molecule has 0 aliphatic rings. The quantitative estimate of drug-likeness (QED) is 0.588. The Balaban J connectivity index is 2.81. The molecule has 1 aromatic heterocycles. The lowest BCUT2D eigenvalue weighted by molar-refractivity contribution is -0.692. The van der Waals surface area contributed by atoms with Crippen molar-refractivity contribution in [2.45, 2.75) is 46.1 Å². The molecule has 1 aromatic rings. The highest BCUT2D eigenvalue weighted by molar-refractivity contribution is 5.64. The van der Waals surface area contributed by atoms with Gasteiger partial charge < -0.3 is 5.11 Å². The van der Waals surface area contributed by atoms with Crippen LogP contribution in [0.1, 0.15) is 37.7 Å². The van der Waals surface area contributed by atoms with Crippen LogP contribution in [-0.4, -0.2) is 15.6 Å². The molecule has 0 atom stereocenters. The third kappa shape index (κ3) is 3.08. The Kier molecular flexibility index (Phi) is 4.52. The molecule has 4 nitrogen and oxygen atoms in total. The molecular weight excluding hydrogens is 204 g/mol. The van der Waals surface area contributed by atoms with E-state index in [4.69, 9.17) is 5.11 Å². The summed E-state index contributed by atoms with van der Waals surface area (Å²) in [5.74, 6) is 0.320. The molecular formula is C12H21N2O2+. The number of carboxylic acid groups (broad SMARTS) is 1. The van der Waals surface area contributed by atoms with Crippen LogP contribution in [0.4, 0.5) is 0 Å². The number of hydrogen-bond donors (Lipinski definition) is 1. The molecule has 0 saturated heterocycles. The largest absolute Gasteiger partial charge is 0.478 e. The van der Waals surface area contributed by atoms with Crippen LogP contribution in [0, 0.1) is 6.92 Å². The molecule has 0 aromatic carbocycles. The van der Waals surface area contributed by atoms with Crippen LogP contribution < -0.4 is 4.57 Å². The summed E-state index contributed by atoms with van der Waals surface area (Å²) in [6.07, 6.45) is 6.36. The highest BCUT2D eigenvalue weighted by atomic mass is 16.4. The fourth-order valence-corrected chi connectivity index (χ4v) is 1.91. The molecule has 0 aliphatic heterocycles. The van der Waals surface area contributed by atoms with Crippen molar-refractivity contribution in [3.63, 3.8) is 0 Å². The van der Waals surface area contributed by atoms with Crippen molar-refractivity contribution in [3.05, 3.63) is 17.7 Å². The molecule has 0 unspecified atom stereocenters. The van der Waals surface area contributed by atoms with Crippen molar-refractivity contribution in [2.75, 3.05) is 0 Å². The highest BCUT2D eigenvalue weighted by Crippen LogP contribution is 2.05. The van der Waals surface area contributed by atoms with Crippen LogP contribution in [0.25, 0.3) is 0 Å². The van der Waals surface area contributed by atoms with Crippen molar-refractivity contribution in [2.24, 2.45) is 7.05 Å². The maximum atomic E-state index is 10.7. The van der Waals surface area contributed by atoms with E-state index in [1.165, 1.54) is 12.8 Å². The Bertz CT molecular complexity index is 369. The van der Waals surface area contributed by atoms with E-state index in [0.717, 1.165) is 24.4 Å². The molecule has 0 bridgehead atoms. The van der Waals surface area contributed by atoms with Gasteiger partial charge in [0.1, 0.15) is 11.9 Å². The average molecular weight is 225 g/mol. The number of nitrogens with zero attached hydrogens (tertiary/aromatic N) is 2. The zero-order valence-electron chi connectivity index (χ0n) is 10.4. The van der Waals surface area contributed by atoms with E-state index >= 15 is 0 Å². The molecule has 4 heteroatoms. The van der Waals surface area contributed by atoms with Crippen molar-refractivity contribution < 1.29 is 14.5 Å². The van der Waals surface area contributed by atoms with Crippen molar-refractivity contribution in [3.8, 4) is 0 Å². The van der Waals surface area contributed by atoms with Gasteiger partial charge in [0.15, 0.2) is 6.54 Å². The van der Waals surface area contributed by atoms with E-state index in [1.807, 2.05) is 24.7 Å². The Morgan fingerprint density at radius 1 is 1.50 bits per heavy atom. The lowest BCUT2D eigenvalue weighted by Gasteiger charge is -2.00. The van der Waals surface area contributed by atoms with E-state index < -0.39 is 5.97 Å². The van der Waals surface area contributed by atoms with Gasteiger partial charge in [0.2, 0.25) is 0 Å². The van der Waals surface area contributed by atoms with Crippen molar-refractivity contribution >= 4 is 5.97 Å². The maximum absolute atomic E-state index is 10.7. The topological polar surface area (TPSA) is 46.1 Å². The average Bonchev–Trinajstić information content (AvgIpc) is 2.45. The van der Waals surface area contributed by atoms with E-state index in [-0.39, 0.29) is 6.54 Å². The summed E-state index contributed by atoms with van der Waals surface area (Å²) in [6.45, 7) is 4.23. The number of imidazole rings is 1. The third-order valence-corrected chi connectivity index (χ3v) is 2.90. The first-order valence-corrected chi connectivity index (χ1v) is 5.82. The van der Waals surface area contributed by atoms with Gasteiger partial charge in [0.05, 0.1) is 7.05 Å². The van der Waals surface area contributed by atoms with Gasteiger partial charge in [-0.05, 0) is 6.42 Å². The van der Waals surface area contributed by atoms with Crippen LogP contribution in [0.3, 0.4) is 0 Å². The molecule has 1 rings (SSSR count). The van der Waals surface area contributed by atoms with Gasteiger partial charge in [-0.3, -0.25) is 0 Å². The minimum Gasteiger partial charge on any atom is -0.478 e. The zero-order valence-corrected chi connectivity index (χ0v) is 10.4. The van der Waals surface area contributed by atoms with E-state index in [2.05, 4.69) is 11.5 Å². The van der Waals surface area contributed by atoms with Crippen LogP contribution in [0.5, 0.6) is 0 Å². The number of rotatable bonds is 6. The zero-order chi connectivity index (χ0) is 12.1. The van der Waals surface area contributed by atoms with E-state index in [0.29, 0.717) is 0 Å². The normalized spacial score (nSPS) is 10.7. The number of unbranched alkanes of at least 4 members (excludes halogenated alkanes) is 2. The molecule has 0 aliphatic carbocycles. The predicted molar refractivity (Wildman–Crippen MR) is 61.2 cm³/mol. The second-order valence-electron chi connectivity index (χ2n) is 4.22. The number of hydrogen-bond acceptors (Lipinski definition) is 1. The molecule has 0 saturated carbocycles. The summed E-state index contributed by atoms with van der Waals surface area (Å²) >= 11 is 0. The summed E-state index contributed by atoms with van der Waals surface area (Å²) in [7, 11) is 2.00. The predicted octanol–water partition coefficient (Wildman–Crippen LogP) is 1.44. The van der Waals surface area contributed by atoms with E-state index in [9.17, 15) is 4.79 Å². The van der Waals surface area contributed by atoms with Crippen LogP contribution in [0.15, 0.2) is 6.20 Å². The van der Waals surface area contributed by atoms with Crippen LogP contribution in [0.2, 0.25) is 0 Å². The summed E-state index contributed by atoms with van der Waals surface area (Å²) in [5.41, 5.74) is 1.10. The van der Waals surface area contributed by atoms with Gasteiger partial charge in [-0.15, -0.1) is 0 Å². The number of aliphatic carboxylic acids is 1. The van der Waals surface area contributed by atoms with Gasteiger partial charge in [-0.25, -0.2) is 13.9 Å². The summed E-state index contributed by atoms with van der Waals surface area (Å²) in [6, 6.07) is 0. The minimum absolute atomic E-state index is 0.0587. The second kappa shape index (κ2) is 5.68. The van der Waals surface area contributed by atoms with E-state index in [1.54, 1.807) is 0 Å². The highest BCUT2D eigenvalue weighted by Gasteiger charge is 2.19. The second-order valence-corrected chi connectivity index (χ2v) is 4.22. The van der Waals surface area contributed by atoms with Crippen molar-refractivity contribution in [1.29, 1.82) is 0 Å². The molecule has 1 heterocycles. The van der Waals surface area contributed by atoms with Gasteiger partial charge in [-0.2, -0.15) is 0 Å². The lowest BCUT2D eigenvalue weighted by Crippen LogP contribution is -2.40. The molecule has 0 spiro atoms. The maximum Gasteiger partial charge on any atom is 0.346 e. The van der Waals surface area contributed by atoms with Crippen LogP contribution >= 0.6 is 0 Å².